The molecule has 0 heterocycles. The van der Waals surface area contributed by atoms with E-state index in [9.17, 15) is 4.79 Å². The van der Waals surface area contributed by atoms with E-state index in [4.69, 9.17) is 5.73 Å². The summed E-state index contributed by atoms with van der Waals surface area (Å²) in [6.45, 7) is 3.33. The molecule has 1 atom stereocenters. The van der Waals surface area contributed by atoms with Crippen molar-refractivity contribution >= 4 is 17.4 Å². The number of hydrogen-bond acceptors (Lipinski definition) is 4. The molecule has 4 heteroatoms. The second kappa shape index (κ2) is 6.07. The Labute approximate surface area is 59.4 Å². The van der Waals surface area contributed by atoms with Crippen LogP contribution < -0.4 is 11.1 Å². The van der Waals surface area contributed by atoms with E-state index >= 15 is 0 Å². The van der Waals surface area contributed by atoms with Gasteiger partial charge in [0.25, 0.3) is 0 Å². The van der Waals surface area contributed by atoms with Crippen LogP contribution in [0.1, 0.15) is 6.92 Å². The van der Waals surface area contributed by atoms with Crippen LogP contribution >= 0.6 is 11.8 Å². The third-order valence-corrected chi connectivity index (χ3v) is 1.66. The van der Waals surface area contributed by atoms with E-state index in [-0.39, 0.29) is 5.37 Å². The standard InChI is InChI=1S/C5H12N2OS/c1-2-7-5(3-6)9-4-8/h4-5,7H,2-3,6H2,1H3. The molecular weight excluding hydrogens is 136 g/mol. The molecule has 0 spiro atoms. The Bertz CT molecular complexity index is 79.4. The lowest BCUT2D eigenvalue weighted by Crippen LogP contribution is -2.32. The number of nitrogens with two attached hydrogens (primary N) is 1. The molecule has 0 aromatic heterocycles. The summed E-state index contributed by atoms with van der Waals surface area (Å²) in [6.07, 6.45) is 0. The van der Waals surface area contributed by atoms with Crippen LogP contribution in [0, 0.1) is 0 Å². The molecule has 0 aromatic rings. The van der Waals surface area contributed by atoms with Crippen molar-refractivity contribution in [1.82, 2.24) is 5.32 Å². The quantitative estimate of drug-likeness (QED) is 0.419. The first-order valence-electron chi connectivity index (χ1n) is 2.87. The largest absolute Gasteiger partial charge is 0.328 e. The highest BCUT2D eigenvalue weighted by Gasteiger charge is 2.01. The van der Waals surface area contributed by atoms with Crippen molar-refractivity contribution in [2.45, 2.75) is 12.3 Å². The molecule has 0 amide bonds. The van der Waals surface area contributed by atoms with E-state index in [1.165, 1.54) is 11.8 Å². The highest BCUT2D eigenvalue weighted by molar-refractivity contribution is 8.12. The first-order chi connectivity index (χ1) is 4.35. The van der Waals surface area contributed by atoms with Crippen molar-refractivity contribution in [3.63, 3.8) is 0 Å². The fraction of sp³-hybridized carbons (Fsp3) is 0.800. The minimum atomic E-state index is 0.0903. The summed E-state index contributed by atoms with van der Waals surface area (Å²) in [5, 5.41) is 3.13. The molecular formula is C5H12N2OS. The minimum absolute atomic E-state index is 0.0903. The SMILES string of the molecule is CCNC(CN)SC=O. The summed E-state index contributed by atoms with van der Waals surface area (Å²) in [5.41, 5.74) is 6.11. The van der Waals surface area contributed by atoms with Crippen LogP contribution in [-0.4, -0.2) is 24.1 Å². The number of nitrogens with one attached hydrogen (secondary N) is 1. The van der Waals surface area contributed by atoms with Crippen molar-refractivity contribution in [2.75, 3.05) is 13.1 Å². The molecule has 0 aliphatic heterocycles. The fourth-order valence-electron chi connectivity index (χ4n) is 0.482. The molecule has 3 nitrogen and oxygen atoms in total. The molecule has 0 aromatic carbocycles. The van der Waals surface area contributed by atoms with Crippen LogP contribution in [0.25, 0.3) is 0 Å². The zero-order valence-electron chi connectivity index (χ0n) is 5.46. The molecule has 0 saturated carbocycles. The van der Waals surface area contributed by atoms with Gasteiger partial charge in [0.05, 0.1) is 5.37 Å². The van der Waals surface area contributed by atoms with Crippen LogP contribution in [-0.2, 0) is 4.79 Å². The highest BCUT2D eigenvalue weighted by Crippen LogP contribution is 1.99. The van der Waals surface area contributed by atoms with Crippen molar-refractivity contribution in [3.8, 4) is 0 Å². The van der Waals surface area contributed by atoms with Gasteiger partial charge < -0.3 is 11.1 Å². The molecule has 3 N–H and O–H groups in total. The van der Waals surface area contributed by atoms with Gasteiger partial charge in [-0.2, -0.15) is 0 Å². The van der Waals surface area contributed by atoms with E-state index in [1.807, 2.05) is 6.92 Å². The van der Waals surface area contributed by atoms with Gasteiger partial charge in [-0.25, -0.2) is 0 Å². The third kappa shape index (κ3) is 4.44. The number of rotatable bonds is 5. The molecule has 0 aliphatic carbocycles. The number of hydrogen-bond donors (Lipinski definition) is 2. The summed E-state index contributed by atoms with van der Waals surface area (Å²) in [6, 6.07) is 0. The van der Waals surface area contributed by atoms with Gasteiger partial charge in [0, 0.05) is 6.54 Å². The van der Waals surface area contributed by atoms with Crippen LogP contribution in [0.3, 0.4) is 0 Å². The Balaban J connectivity index is 3.28. The van der Waals surface area contributed by atoms with Gasteiger partial charge in [0.15, 0.2) is 5.62 Å². The predicted octanol–water partition coefficient (Wildman–Crippen LogP) is -0.196. The molecule has 0 fully saturated rings. The van der Waals surface area contributed by atoms with Crippen LogP contribution in [0.4, 0.5) is 0 Å². The smallest absolute Gasteiger partial charge is 0.177 e. The Morgan fingerprint density at radius 2 is 2.56 bits per heavy atom. The van der Waals surface area contributed by atoms with Crippen LogP contribution in [0.2, 0.25) is 0 Å². The molecule has 0 aliphatic rings. The van der Waals surface area contributed by atoms with Gasteiger partial charge in [-0.1, -0.05) is 18.7 Å². The zero-order valence-corrected chi connectivity index (χ0v) is 6.28. The van der Waals surface area contributed by atoms with Gasteiger partial charge in [-0.15, -0.1) is 0 Å². The van der Waals surface area contributed by atoms with Crippen molar-refractivity contribution in [3.05, 3.63) is 0 Å². The van der Waals surface area contributed by atoms with Crippen molar-refractivity contribution < 1.29 is 4.79 Å². The van der Waals surface area contributed by atoms with Crippen molar-refractivity contribution in [2.24, 2.45) is 5.73 Å². The average molecular weight is 148 g/mol. The van der Waals surface area contributed by atoms with E-state index in [0.29, 0.717) is 6.54 Å². The number of likely N-dealkylation sites (N-methyl/N-ethyl adjacent to an activating group) is 1. The van der Waals surface area contributed by atoms with Crippen LogP contribution in [0.15, 0.2) is 0 Å². The Hall–Kier alpha value is -0.0600. The van der Waals surface area contributed by atoms with Gasteiger partial charge >= 0.3 is 0 Å². The summed E-state index contributed by atoms with van der Waals surface area (Å²) in [4.78, 5) is 9.92. The average Bonchev–Trinajstić information content (AvgIpc) is 1.88. The van der Waals surface area contributed by atoms with E-state index in [2.05, 4.69) is 5.32 Å². The third-order valence-electron chi connectivity index (χ3n) is 0.866. The van der Waals surface area contributed by atoms with E-state index in [0.717, 1.165) is 12.2 Å². The first-order valence-corrected chi connectivity index (χ1v) is 3.82. The number of carbonyl (C=O) groups excluding carboxylic acids is 1. The van der Waals surface area contributed by atoms with E-state index in [1.54, 1.807) is 0 Å². The number of thioether (sulfide) groups is 1. The lowest BCUT2D eigenvalue weighted by Gasteiger charge is -2.09. The van der Waals surface area contributed by atoms with Gasteiger partial charge in [0.1, 0.15) is 0 Å². The van der Waals surface area contributed by atoms with E-state index < -0.39 is 0 Å². The second-order valence-electron chi connectivity index (χ2n) is 1.51. The molecule has 0 radical (unpaired) electrons. The Morgan fingerprint density at radius 1 is 1.89 bits per heavy atom. The molecule has 54 valence electrons. The van der Waals surface area contributed by atoms with Crippen LogP contribution in [0.5, 0.6) is 0 Å². The fourth-order valence-corrected chi connectivity index (χ4v) is 0.990. The maximum Gasteiger partial charge on any atom is 0.177 e. The molecule has 0 saturated heterocycles. The molecule has 9 heavy (non-hydrogen) atoms. The van der Waals surface area contributed by atoms with Gasteiger partial charge in [0.2, 0.25) is 0 Å². The summed E-state index contributed by atoms with van der Waals surface area (Å²) in [5.74, 6) is 0. The summed E-state index contributed by atoms with van der Waals surface area (Å²) in [7, 11) is 0. The lowest BCUT2D eigenvalue weighted by atomic mass is 10.6. The molecule has 0 rings (SSSR count). The zero-order chi connectivity index (χ0) is 7.11. The predicted molar refractivity (Wildman–Crippen MR) is 40.9 cm³/mol. The first kappa shape index (κ1) is 8.94. The Kier molecular flexibility index (Phi) is 6.03. The van der Waals surface area contributed by atoms with Crippen molar-refractivity contribution in [1.29, 1.82) is 0 Å². The maximum atomic E-state index is 9.92. The summed E-state index contributed by atoms with van der Waals surface area (Å²) < 4.78 is 0. The maximum absolute atomic E-state index is 9.92. The lowest BCUT2D eigenvalue weighted by molar-refractivity contribution is 0.569. The normalized spacial score (nSPS) is 13.1. The minimum Gasteiger partial charge on any atom is -0.328 e. The Morgan fingerprint density at radius 3 is 2.89 bits per heavy atom. The monoisotopic (exact) mass is 148 g/mol. The topological polar surface area (TPSA) is 55.1 Å². The highest BCUT2D eigenvalue weighted by atomic mass is 32.2. The second-order valence-corrected chi connectivity index (χ2v) is 2.55. The number of carbonyl (C=O) groups is 1. The molecule has 1 unspecified atom stereocenters. The molecule has 0 bridgehead atoms. The van der Waals surface area contributed by atoms with Gasteiger partial charge in [-0.05, 0) is 6.54 Å². The van der Waals surface area contributed by atoms with Gasteiger partial charge in [-0.3, -0.25) is 4.79 Å². The summed E-state index contributed by atoms with van der Waals surface area (Å²) >= 11 is 1.18.